The van der Waals surface area contributed by atoms with E-state index < -0.39 is 0 Å². The minimum Gasteiger partial charge on any atom is -0.444 e. The van der Waals surface area contributed by atoms with Crippen LogP contribution in [0.25, 0.3) is 22.5 Å². The van der Waals surface area contributed by atoms with Crippen molar-refractivity contribution in [3.8, 4) is 11.5 Å². The molecule has 4 rings (SSSR count). The van der Waals surface area contributed by atoms with Crippen LogP contribution in [0.3, 0.4) is 0 Å². The van der Waals surface area contributed by atoms with Crippen LogP contribution in [0.4, 0.5) is 0 Å². The summed E-state index contributed by atoms with van der Waals surface area (Å²) in [5, 5.41) is 6.69. The highest BCUT2D eigenvalue weighted by molar-refractivity contribution is 5.79. The van der Waals surface area contributed by atoms with Gasteiger partial charge in [0.1, 0.15) is 17.8 Å². The molecule has 4 aromatic rings. The van der Waals surface area contributed by atoms with Gasteiger partial charge in [-0.2, -0.15) is 0 Å². The normalized spacial score (nSPS) is 11.7. The van der Waals surface area contributed by atoms with Crippen LogP contribution in [0.1, 0.15) is 24.9 Å². The molecule has 0 radical (unpaired) electrons. The second-order valence-corrected chi connectivity index (χ2v) is 7.28. The number of para-hydroxylation sites is 2. The molecule has 0 atom stereocenters. The Bertz CT molecular complexity index is 1150. The lowest BCUT2D eigenvalue weighted by Crippen LogP contribution is -2.38. The van der Waals surface area contributed by atoms with Crippen LogP contribution >= 0.6 is 0 Å². The van der Waals surface area contributed by atoms with Crippen molar-refractivity contribution in [2.24, 2.45) is 4.99 Å². The lowest BCUT2D eigenvalue weighted by molar-refractivity contribution is 0.572. The van der Waals surface area contributed by atoms with Gasteiger partial charge in [-0.05, 0) is 44.5 Å². The predicted molar refractivity (Wildman–Crippen MR) is 124 cm³/mol. The van der Waals surface area contributed by atoms with Crippen molar-refractivity contribution in [2.75, 3.05) is 13.1 Å². The molecular formula is C24H28N6O. The number of oxazole rings is 1. The minimum atomic E-state index is 0.455. The second kappa shape index (κ2) is 9.93. The molecule has 0 aliphatic carbocycles. The Balaban J connectivity index is 1.32. The Morgan fingerprint density at radius 2 is 1.84 bits per heavy atom. The van der Waals surface area contributed by atoms with E-state index in [0.29, 0.717) is 12.4 Å². The van der Waals surface area contributed by atoms with Gasteiger partial charge in [0.05, 0.1) is 17.6 Å². The van der Waals surface area contributed by atoms with Gasteiger partial charge < -0.3 is 19.6 Å². The van der Waals surface area contributed by atoms with Gasteiger partial charge in [-0.1, -0.05) is 30.3 Å². The van der Waals surface area contributed by atoms with Crippen LogP contribution < -0.4 is 10.6 Å². The Morgan fingerprint density at radius 3 is 2.68 bits per heavy atom. The molecule has 0 aliphatic rings. The number of nitrogens with zero attached hydrogens (tertiary/aromatic N) is 4. The van der Waals surface area contributed by atoms with Crippen LogP contribution in [0.5, 0.6) is 0 Å². The van der Waals surface area contributed by atoms with Crippen LogP contribution in [-0.2, 0) is 13.1 Å². The summed E-state index contributed by atoms with van der Waals surface area (Å²) in [6.07, 6.45) is 2.63. The number of hydrogen-bond acceptors (Lipinski definition) is 4. The molecule has 0 amide bonds. The molecule has 0 aliphatic heterocycles. The maximum atomic E-state index is 5.60. The summed E-state index contributed by atoms with van der Waals surface area (Å²) in [4.78, 5) is 13.8. The van der Waals surface area contributed by atoms with Gasteiger partial charge in [0.15, 0.2) is 5.96 Å². The van der Waals surface area contributed by atoms with E-state index in [1.165, 1.54) is 5.52 Å². The zero-order chi connectivity index (χ0) is 21.5. The molecule has 2 N–H and O–H groups in total. The monoisotopic (exact) mass is 416 g/mol. The molecule has 0 unspecified atom stereocenters. The van der Waals surface area contributed by atoms with E-state index in [0.717, 1.165) is 54.6 Å². The molecule has 0 fully saturated rings. The number of hydrogen-bond donors (Lipinski definition) is 2. The summed E-state index contributed by atoms with van der Waals surface area (Å²) in [5.74, 6) is 2.44. The first kappa shape index (κ1) is 20.7. The number of rotatable bonds is 8. The average Bonchev–Trinajstić information content (AvgIpc) is 3.39. The summed E-state index contributed by atoms with van der Waals surface area (Å²) in [7, 11) is 0. The van der Waals surface area contributed by atoms with Crippen LogP contribution in [0.15, 0.2) is 70.3 Å². The lowest BCUT2D eigenvalue weighted by Gasteiger charge is -2.12. The molecule has 2 aromatic heterocycles. The van der Waals surface area contributed by atoms with E-state index >= 15 is 0 Å². The number of benzene rings is 2. The molecule has 0 saturated carbocycles. The third kappa shape index (κ3) is 5.12. The largest absolute Gasteiger partial charge is 0.444 e. The maximum absolute atomic E-state index is 5.60. The van der Waals surface area contributed by atoms with Crippen molar-refractivity contribution < 1.29 is 4.42 Å². The smallest absolute Gasteiger partial charge is 0.226 e. The second-order valence-electron chi connectivity index (χ2n) is 7.28. The third-order valence-electron chi connectivity index (χ3n) is 5.01. The van der Waals surface area contributed by atoms with Crippen molar-refractivity contribution >= 4 is 17.0 Å². The number of aliphatic imine (C=N–C) groups is 1. The van der Waals surface area contributed by atoms with E-state index in [4.69, 9.17) is 4.42 Å². The zero-order valence-corrected chi connectivity index (χ0v) is 18.0. The Kier molecular flexibility index (Phi) is 6.62. The first-order valence-electron chi connectivity index (χ1n) is 10.7. The Hall–Kier alpha value is -3.61. The molecule has 160 valence electrons. The molecule has 0 saturated heterocycles. The number of imidazole rings is 1. The van der Waals surface area contributed by atoms with E-state index in [1.807, 2.05) is 36.4 Å². The van der Waals surface area contributed by atoms with E-state index in [9.17, 15) is 0 Å². The number of nitrogens with one attached hydrogen (secondary N) is 2. The molecule has 7 heteroatoms. The van der Waals surface area contributed by atoms with Crippen LogP contribution in [0, 0.1) is 6.92 Å². The lowest BCUT2D eigenvalue weighted by atomic mass is 10.2. The van der Waals surface area contributed by atoms with Gasteiger partial charge in [-0.15, -0.1) is 0 Å². The highest BCUT2D eigenvalue weighted by atomic mass is 16.3. The molecular weight excluding hydrogens is 388 g/mol. The Labute approximate surface area is 182 Å². The molecule has 0 bridgehead atoms. The van der Waals surface area contributed by atoms with Gasteiger partial charge in [0, 0.05) is 25.2 Å². The van der Waals surface area contributed by atoms with Gasteiger partial charge in [-0.3, -0.25) is 0 Å². The van der Waals surface area contributed by atoms with Gasteiger partial charge in [-0.25, -0.2) is 15.0 Å². The van der Waals surface area contributed by atoms with Crippen LogP contribution in [-0.4, -0.2) is 33.6 Å². The minimum absolute atomic E-state index is 0.455. The first-order valence-corrected chi connectivity index (χ1v) is 10.7. The van der Waals surface area contributed by atoms with Crippen molar-refractivity contribution in [1.29, 1.82) is 0 Å². The zero-order valence-electron chi connectivity index (χ0n) is 18.0. The van der Waals surface area contributed by atoms with Crippen molar-refractivity contribution in [1.82, 2.24) is 25.2 Å². The average molecular weight is 417 g/mol. The quantitative estimate of drug-likeness (QED) is 0.256. The highest BCUT2D eigenvalue weighted by Crippen LogP contribution is 2.18. The van der Waals surface area contributed by atoms with Gasteiger partial charge in [0.2, 0.25) is 5.89 Å². The van der Waals surface area contributed by atoms with Crippen molar-refractivity contribution in [3.05, 3.63) is 72.4 Å². The van der Waals surface area contributed by atoms with E-state index in [1.54, 1.807) is 6.26 Å². The SMILES string of the molecule is CCNC(=NCc1coc(-c2ccccc2)n1)NCCCn1c(C)nc2ccccc21. The molecule has 0 spiro atoms. The van der Waals surface area contributed by atoms with Crippen molar-refractivity contribution in [2.45, 2.75) is 33.4 Å². The maximum Gasteiger partial charge on any atom is 0.226 e. The summed E-state index contributed by atoms with van der Waals surface area (Å²) < 4.78 is 7.86. The Morgan fingerprint density at radius 1 is 1.03 bits per heavy atom. The fourth-order valence-electron chi connectivity index (χ4n) is 3.52. The fraction of sp³-hybridized carbons (Fsp3) is 0.292. The van der Waals surface area contributed by atoms with E-state index in [2.05, 4.69) is 62.2 Å². The summed E-state index contributed by atoms with van der Waals surface area (Å²) in [6.45, 7) is 7.08. The highest BCUT2D eigenvalue weighted by Gasteiger charge is 2.08. The number of aromatic nitrogens is 3. The molecule has 2 heterocycles. The van der Waals surface area contributed by atoms with Gasteiger partial charge in [0.25, 0.3) is 0 Å². The molecule has 31 heavy (non-hydrogen) atoms. The summed E-state index contributed by atoms with van der Waals surface area (Å²) in [6, 6.07) is 18.1. The number of fused-ring (bicyclic) bond motifs is 1. The topological polar surface area (TPSA) is 80.3 Å². The van der Waals surface area contributed by atoms with Crippen molar-refractivity contribution in [3.63, 3.8) is 0 Å². The van der Waals surface area contributed by atoms with Gasteiger partial charge >= 0.3 is 0 Å². The van der Waals surface area contributed by atoms with E-state index in [-0.39, 0.29) is 0 Å². The third-order valence-corrected chi connectivity index (χ3v) is 5.01. The number of guanidine groups is 1. The van der Waals surface area contributed by atoms with Crippen LogP contribution in [0.2, 0.25) is 0 Å². The fourth-order valence-corrected chi connectivity index (χ4v) is 3.52. The summed E-state index contributed by atoms with van der Waals surface area (Å²) >= 11 is 0. The molecule has 7 nitrogen and oxygen atoms in total. The summed E-state index contributed by atoms with van der Waals surface area (Å²) in [5.41, 5.74) is 3.99. The number of aryl methyl sites for hydroxylation is 2. The predicted octanol–water partition coefficient (Wildman–Crippen LogP) is 4.15. The molecule has 2 aromatic carbocycles. The first-order chi connectivity index (χ1) is 15.2. The standard InChI is InChI=1S/C24H28N6O/c1-3-25-24(27-16-20-17-31-23(29-20)19-10-5-4-6-11-19)26-14-9-15-30-18(2)28-21-12-7-8-13-22(21)30/h4-8,10-13,17H,3,9,14-16H2,1-2H3,(H2,25,26,27).